The smallest absolute Gasteiger partial charge is 0.318 e. The van der Waals surface area contributed by atoms with Crippen LogP contribution >= 0.6 is 0 Å². The van der Waals surface area contributed by atoms with Gasteiger partial charge in [0.25, 0.3) is 0 Å². The van der Waals surface area contributed by atoms with E-state index in [1.54, 1.807) is 12.4 Å². The molecule has 2 rings (SSSR count). The van der Waals surface area contributed by atoms with Crippen molar-refractivity contribution in [1.82, 2.24) is 20.2 Å². The fraction of sp³-hybridized carbons (Fsp3) is 0.500. The van der Waals surface area contributed by atoms with E-state index in [9.17, 15) is 9.59 Å². The average molecular weight is 238 g/mol. The number of nitrogens with one attached hydrogen (secondary N) is 2. The monoisotopic (exact) mass is 238 g/mol. The van der Waals surface area contributed by atoms with Crippen molar-refractivity contribution >= 4 is 12.0 Å². The van der Waals surface area contributed by atoms with Crippen LogP contribution in [0.2, 0.25) is 0 Å². The SMILES string of the molecule is CC(NC(=O)N1CC(C(=O)O)C1)c1ncc[nH]1. The summed E-state index contributed by atoms with van der Waals surface area (Å²) >= 11 is 0. The Morgan fingerprint density at radius 3 is 2.88 bits per heavy atom. The Hall–Kier alpha value is -2.05. The minimum absolute atomic E-state index is 0.221. The summed E-state index contributed by atoms with van der Waals surface area (Å²) in [5, 5.41) is 11.4. The number of aliphatic carboxylic acids is 1. The van der Waals surface area contributed by atoms with E-state index in [-0.39, 0.29) is 25.2 Å². The molecule has 0 bridgehead atoms. The van der Waals surface area contributed by atoms with Crippen LogP contribution in [0.15, 0.2) is 12.4 Å². The van der Waals surface area contributed by atoms with Gasteiger partial charge in [-0.05, 0) is 6.92 Å². The lowest BCUT2D eigenvalue weighted by Gasteiger charge is -2.37. The van der Waals surface area contributed by atoms with Gasteiger partial charge in [0, 0.05) is 25.5 Å². The number of rotatable bonds is 3. The van der Waals surface area contributed by atoms with E-state index >= 15 is 0 Å². The number of urea groups is 1. The van der Waals surface area contributed by atoms with Gasteiger partial charge in [-0.15, -0.1) is 0 Å². The molecule has 3 N–H and O–H groups in total. The van der Waals surface area contributed by atoms with Gasteiger partial charge in [-0.1, -0.05) is 0 Å². The van der Waals surface area contributed by atoms with Crippen molar-refractivity contribution in [3.8, 4) is 0 Å². The number of carbonyl (C=O) groups is 2. The molecule has 7 nitrogen and oxygen atoms in total. The van der Waals surface area contributed by atoms with Crippen LogP contribution in [0, 0.1) is 5.92 Å². The minimum atomic E-state index is -0.854. The molecule has 1 fully saturated rings. The second kappa shape index (κ2) is 4.44. The van der Waals surface area contributed by atoms with E-state index in [1.807, 2.05) is 6.92 Å². The number of hydrogen-bond donors (Lipinski definition) is 3. The van der Waals surface area contributed by atoms with Crippen LogP contribution in [0.4, 0.5) is 4.79 Å². The first-order chi connectivity index (χ1) is 8.08. The normalized spacial score (nSPS) is 17.4. The lowest BCUT2D eigenvalue weighted by molar-refractivity contribution is -0.146. The molecule has 7 heteroatoms. The van der Waals surface area contributed by atoms with Crippen LogP contribution in [0.3, 0.4) is 0 Å². The third-order valence-corrected chi connectivity index (χ3v) is 2.79. The molecule has 17 heavy (non-hydrogen) atoms. The number of nitrogens with zero attached hydrogens (tertiary/aromatic N) is 2. The predicted octanol–water partition coefficient (Wildman–Crippen LogP) is 0.197. The van der Waals surface area contributed by atoms with Crippen molar-refractivity contribution in [2.75, 3.05) is 13.1 Å². The molecule has 0 spiro atoms. The van der Waals surface area contributed by atoms with Crippen LogP contribution in [-0.4, -0.2) is 45.1 Å². The quantitative estimate of drug-likeness (QED) is 0.700. The van der Waals surface area contributed by atoms with Gasteiger partial charge in [-0.3, -0.25) is 4.79 Å². The molecule has 1 aromatic heterocycles. The molecule has 1 atom stereocenters. The first-order valence-corrected chi connectivity index (χ1v) is 5.35. The summed E-state index contributed by atoms with van der Waals surface area (Å²) in [4.78, 5) is 30.7. The Bertz CT molecular complexity index is 411. The van der Waals surface area contributed by atoms with Gasteiger partial charge in [-0.2, -0.15) is 0 Å². The average Bonchev–Trinajstić information content (AvgIpc) is 2.66. The first-order valence-electron chi connectivity index (χ1n) is 5.35. The van der Waals surface area contributed by atoms with Crippen LogP contribution < -0.4 is 5.32 Å². The Kier molecular flexibility index (Phi) is 2.99. The molecular weight excluding hydrogens is 224 g/mol. The molecule has 1 saturated heterocycles. The molecule has 2 heterocycles. The van der Waals surface area contributed by atoms with Crippen molar-refractivity contribution in [2.24, 2.45) is 5.92 Å². The third kappa shape index (κ3) is 2.38. The van der Waals surface area contributed by atoms with E-state index in [0.717, 1.165) is 0 Å². The number of hydrogen-bond acceptors (Lipinski definition) is 3. The number of H-pyrrole nitrogens is 1. The molecular formula is C10H14N4O3. The van der Waals surface area contributed by atoms with Crippen molar-refractivity contribution in [1.29, 1.82) is 0 Å². The molecule has 0 aliphatic carbocycles. The predicted molar refractivity (Wildman–Crippen MR) is 58.2 cm³/mol. The van der Waals surface area contributed by atoms with Crippen molar-refractivity contribution in [3.05, 3.63) is 18.2 Å². The summed E-state index contributed by atoms with van der Waals surface area (Å²) < 4.78 is 0. The molecule has 1 aromatic rings. The maximum Gasteiger partial charge on any atom is 0.318 e. The number of carboxylic acid groups (broad SMARTS) is 1. The van der Waals surface area contributed by atoms with Gasteiger partial charge in [-0.25, -0.2) is 9.78 Å². The molecule has 0 radical (unpaired) electrons. The maximum absolute atomic E-state index is 11.7. The number of carbonyl (C=O) groups excluding carboxylic acids is 1. The summed E-state index contributed by atoms with van der Waals surface area (Å²) in [6, 6.07) is -0.479. The minimum Gasteiger partial charge on any atom is -0.481 e. The second-order valence-corrected chi connectivity index (χ2v) is 4.09. The lowest BCUT2D eigenvalue weighted by Crippen LogP contribution is -2.56. The molecule has 0 aromatic carbocycles. The van der Waals surface area contributed by atoms with E-state index in [1.165, 1.54) is 4.90 Å². The van der Waals surface area contributed by atoms with E-state index in [4.69, 9.17) is 5.11 Å². The Balaban J connectivity index is 1.81. The van der Waals surface area contributed by atoms with Gasteiger partial charge in [0.15, 0.2) is 0 Å². The number of aromatic nitrogens is 2. The van der Waals surface area contributed by atoms with Gasteiger partial charge in [0.1, 0.15) is 5.82 Å². The largest absolute Gasteiger partial charge is 0.481 e. The summed E-state index contributed by atoms with van der Waals surface area (Å²) in [6.45, 7) is 2.35. The lowest BCUT2D eigenvalue weighted by atomic mass is 10.0. The van der Waals surface area contributed by atoms with Crippen molar-refractivity contribution in [3.63, 3.8) is 0 Å². The molecule has 1 unspecified atom stereocenters. The number of carboxylic acids is 1. The highest BCUT2D eigenvalue weighted by atomic mass is 16.4. The molecule has 0 saturated carbocycles. The van der Waals surface area contributed by atoms with Crippen LogP contribution in [0.25, 0.3) is 0 Å². The van der Waals surface area contributed by atoms with Crippen LogP contribution in [0.5, 0.6) is 0 Å². The standard InChI is InChI=1S/C10H14N4O3/c1-6(8-11-2-3-12-8)13-10(17)14-4-7(5-14)9(15)16/h2-3,6-7H,4-5H2,1H3,(H,11,12)(H,13,17)(H,15,16). The van der Waals surface area contributed by atoms with Crippen molar-refractivity contribution in [2.45, 2.75) is 13.0 Å². The van der Waals surface area contributed by atoms with Gasteiger partial charge in [0.05, 0.1) is 12.0 Å². The number of amides is 2. The van der Waals surface area contributed by atoms with E-state index in [2.05, 4.69) is 15.3 Å². The first kappa shape index (κ1) is 11.4. The molecule has 1 aliphatic heterocycles. The Labute approximate surface area is 97.8 Å². The zero-order chi connectivity index (χ0) is 12.4. The third-order valence-electron chi connectivity index (χ3n) is 2.79. The topological polar surface area (TPSA) is 98.3 Å². The Morgan fingerprint density at radius 1 is 1.65 bits per heavy atom. The highest BCUT2D eigenvalue weighted by Gasteiger charge is 2.36. The second-order valence-electron chi connectivity index (χ2n) is 4.09. The molecule has 92 valence electrons. The number of imidazole rings is 1. The summed E-state index contributed by atoms with van der Waals surface area (Å²) in [5.41, 5.74) is 0. The zero-order valence-electron chi connectivity index (χ0n) is 9.38. The highest BCUT2D eigenvalue weighted by Crippen LogP contribution is 2.16. The molecule has 2 amide bonds. The van der Waals surface area contributed by atoms with Crippen LogP contribution in [0.1, 0.15) is 18.8 Å². The van der Waals surface area contributed by atoms with E-state index < -0.39 is 11.9 Å². The summed E-state index contributed by atoms with van der Waals surface area (Å²) in [7, 11) is 0. The Morgan fingerprint density at radius 2 is 2.35 bits per heavy atom. The van der Waals surface area contributed by atoms with Crippen LogP contribution in [-0.2, 0) is 4.79 Å². The fourth-order valence-corrected chi connectivity index (χ4v) is 1.66. The maximum atomic E-state index is 11.7. The van der Waals surface area contributed by atoms with E-state index in [0.29, 0.717) is 5.82 Å². The fourth-order valence-electron chi connectivity index (χ4n) is 1.66. The van der Waals surface area contributed by atoms with Gasteiger partial charge >= 0.3 is 12.0 Å². The number of aromatic amines is 1. The summed E-state index contributed by atoms with van der Waals surface area (Å²) in [5.74, 6) is -0.610. The van der Waals surface area contributed by atoms with Gasteiger partial charge < -0.3 is 20.3 Å². The zero-order valence-corrected chi connectivity index (χ0v) is 9.38. The molecule has 1 aliphatic rings. The van der Waals surface area contributed by atoms with Crippen molar-refractivity contribution < 1.29 is 14.7 Å². The highest BCUT2D eigenvalue weighted by molar-refractivity contribution is 5.79. The number of likely N-dealkylation sites (tertiary alicyclic amines) is 1. The summed E-state index contributed by atoms with van der Waals surface area (Å²) in [6.07, 6.45) is 3.30. The van der Waals surface area contributed by atoms with Gasteiger partial charge in [0.2, 0.25) is 0 Å².